The molecule has 24 heavy (non-hydrogen) atoms. The van der Waals surface area contributed by atoms with E-state index in [0.717, 1.165) is 35.5 Å². The number of rotatable bonds is 4. The average molecular weight is 320 g/mol. The first-order chi connectivity index (χ1) is 11.7. The Kier molecular flexibility index (Phi) is 3.75. The number of aromatic amines is 1. The molecule has 1 fully saturated rings. The minimum atomic E-state index is 0.486. The minimum Gasteiger partial charge on any atom is -0.371 e. The van der Waals surface area contributed by atoms with Crippen molar-refractivity contribution in [3.05, 3.63) is 42.7 Å². The first-order valence-electron chi connectivity index (χ1n) is 8.88. The van der Waals surface area contributed by atoms with Gasteiger partial charge in [-0.15, -0.1) is 0 Å². The molecule has 4 rings (SSSR count). The Labute approximate surface area is 142 Å². The quantitative estimate of drug-likeness (QED) is 0.761. The molecular weight excluding hydrogens is 296 g/mol. The molecule has 1 N–H and O–H groups in total. The lowest BCUT2D eigenvalue weighted by molar-refractivity contribution is 0.301. The third kappa shape index (κ3) is 2.56. The third-order valence-electron chi connectivity index (χ3n) is 5.71. The summed E-state index contributed by atoms with van der Waals surface area (Å²) in [5.74, 6) is 0. The molecule has 3 aromatic rings. The Bertz CT molecular complexity index is 847. The monoisotopic (exact) mass is 320 g/mol. The summed E-state index contributed by atoms with van der Waals surface area (Å²) in [4.78, 5) is 14.8. The van der Waals surface area contributed by atoms with E-state index in [1.54, 1.807) is 0 Å². The predicted molar refractivity (Wildman–Crippen MR) is 99.2 cm³/mol. The highest BCUT2D eigenvalue weighted by atomic mass is 15.2. The standard InChI is InChI=1S/C20H24N4/c1-3-20(4-2)9-11-24(14-20)16-7-5-6-15(12-16)18-13-22-19-17(23-18)8-10-21-19/h5-8,10,12-13H,3-4,9,11,14H2,1-2H3,(H,21,22). The molecule has 0 unspecified atom stereocenters. The molecule has 0 spiro atoms. The van der Waals surface area contributed by atoms with Crippen LogP contribution in [0.5, 0.6) is 0 Å². The van der Waals surface area contributed by atoms with Crippen LogP contribution in [0.4, 0.5) is 5.69 Å². The zero-order valence-electron chi connectivity index (χ0n) is 14.4. The van der Waals surface area contributed by atoms with Gasteiger partial charge in [0.25, 0.3) is 0 Å². The normalized spacial score (nSPS) is 16.8. The molecule has 0 bridgehead atoms. The van der Waals surface area contributed by atoms with E-state index < -0.39 is 0 Å². The minimum absolute atomic E-state index is 0.486. The summed E-state index contributed by atoms with van der Waals surface area (Å²) in [6.07, 6.45) is 7.54. The maximum Gasteiger partial charge on any atom is 0.156 e. The van der Waals surface area contributed by atoms with Gasteiger partial charge in [-0.25, -0.2) is 9.97 Å². The zero-order chi connectivity index (χ0) is 16.6. The SMILES string of the molecule is CCC1(CC)CCN(c2cccc(-c3cnc4[nH]ccc4n3)c2)C1. The van der Waals surface area contributed by atoms with Crippen molar-refractivity contribution in [3.8, 4) is 11.3 Å². The molecule has 1 saturated heterocycles. The number of H-pyrrole nitrogens is 1. The number of hydrogen-bond donors (Lipinski definition) is 1. The molecule has 4 heteroatoms. The van der Waals surface area contributed by atoms with Gasteiger partial charge in [0.05, 0.1) is 11.9 Å². The highest BCUT2D eigenvalue weighted by molar-refractivity contribution is 5.75. The summed E-state index contributed by atoms with van der Waals surface area (Å²) in [6.45, 7) is 6.95. The lowest BCUT2D eigenvalue weighted by atomic mass is 9.82. The van der Waals surface area contributed by atoms with E-state index in [1.165, 1.54) is 24.9 Å². The van der Waals surface area contributed by atoms with Gasteiger partial charge in [-0.3, -0.25) is 0 Å². The molecule has 2 aromatic heterocycles. The summed E-state index contributed by atoms with van der Waals surface area (Å²) in [5.41, 5.74) is 5.60. The largest absolute Gasteiger partial charge is 0.371 e. The van der Waals surface area contributed by atoms with Crippen LogP contribution in [0.1, 0.15) is 33.1 Å². The van der Waals surface area contributed by atoms with E-state index in [0.29, 0.717) is 5.41 Å². The number of hydrogen-bond acceptors (Lipinski definition) is 3. The maximum absolute atomic E-state index is 4.72. The van der Waals surface area contributed by atoms with Crippen LogP contribution >= 0.6 is 0 Å². The average Bonchev–Trinajstić information content (AvgIpc) is 3.28. The third-order valence-corrected chi connectivity index (χ3v) is 5.71. The summed E-state index contributed by atoms with van der Waals surface area (Å²) < 4.78 is 0. The van der Waals surface area contributed by atoms with Crippen LogP contribution in [0.3, 0.4) is 0 Å². The second kappa shape index (κ2) is 5.93. The molecule has 0 amide bonds. The number of aromatic nitrogens is 3. The molecule has 4 nitrogen and oxygen atoms in total. The predicted octanol–water partition coefficient (Wildman–Crippen LogP) is 4.64. The lowest BCUT2D eigenvalue weighted by Gasteiger charge is -2.27. The molecule has 124 valence electrons. The van der Waals surface area contributed by atoms with E-state index in [4.69, 9.17) is 4.98 Å². The van der Waals surface area contributed by atoms with Crippen molar-refractivity contribution >= 4 is 16.9 Å². The molecule has 1 aliphatic heterocycles. The highest BCUT2D eigenvalue weighted by Crippen LogP contribution is 2.39. The summed E-state index contributed by atoms with van der Waals surface area (Å²) in [6, 6.07) is 10.7. The van der Waals surface area contributed by atoms with Crippen molar-refractivity contribution in [2.24, 2.45) is 5.41 Å². The number of fused-ring (bicyclic) bond motifs is 1. The zero-order valence-corrected chi connectivity index (χ0v) is 14.4. The molecular formula is C20H24N4. The van der Waals surface area contributed by atoms with Crippen molar-refractivity contribution in [3.63, 3.8) is 0 Å². The van der Waals surface area contributed by atoms with Gasteiger partial charge in [0.2, 0.25) is 0 Å². The van der Waals surface area contributed by atoms with E-state index in [2.05, 4.69) is 53.0 Å². The van der Waals surface area contributed by atoms with Gasteiger partial charge in [-0.1, -0.05) is 26.0 Å². The fourth-order valence-electron chi connectivity index (χ4n) is 3.81. The van der Waals surface area contributed by atoms with Gasteiger partial charge >= 0.3 is 0 Å². The topological polar surface area (TPSA) is 44.8 Å². The number of nitrogens with one attached hydrogen (secondary N) is 1. The second-order valence-electron chi connectivity index (χ2n) is 6.90. The molecule has 1 aliphatic rings. The fraction of sp³-hybridized carbons (Fsp3) is 0.400. The molecule has 1 aromatic carbocycles. The Balaban J connectivity index is 1.64. The molecule has 3 heterocycles. The Morgan fingerprint density at radius 2 is 2.08 bits per heavy atom. The van der Waals surface area contributed by atoms with E-state index in [9.17, 15) is 0 Å². The van der Waals surface area contributed by atoms with Gasteiger partial charge in [0.15, 0.2) is 5.65 Å². The fourth-order valence-corrected chi connectivity index (χ4v) is 3.81. The number of benzene rings is 1. The van der Waals surface area contributed by atoms with Crippen LogP contribution in [-0.4, -0.2) is 28.0 Å². The number of nitrogens with zero attached hydrogens (tertiary/aromatic N) is 3. The van der Waals surface area contributed by atoms with Gasteiger partial charge in [-0.05, 0) is 42.9 Å². The van der Waals surface area contributed by atoms with Crippen LogP contribution < -0.4 is 4.90 Å². The van der Waals surface area contributed by atoms with Gasteiger partial charge < -0.3 is 9.88 Å². The lowest BCUT2D eigenvalue weighted by Crippen LogP contribution is -2.26. The Hall–Kier alpha value is -2.36. The van der Waals surface area contributed by atoms with Crippen molar-refractivity contribution in [1.29, 1.82) is 0 Å². The molecule has 0 aliphatic carbocycles. The van der Waals surface area contributed by atoms with Crippen LogP contribution in [-0.2, 0) is 0 Å². The maximum atomic E-state index is 4.72. The summed E-state index contributed by atoms with van der Waals surface area (Å²) >= 11 is 0. The highest BCUT2D eigenvalue weighted by Gasteiger charge is 2.34. The van der Waals surface area contributed by atoms with Crippen LogP contribution in [0.25, 0.3) is 22.4 Å². The van der Waals surface area contributed by atoms with Gasteiger partial charge in [0.1, 0.15) is 5.52 Å². The smallest absolute Gasteiger partial charge is 0.156 e. The van der Waals surface area contributed by atoms with Crippen LogP contribution in [0, 0.1) is 5.41 Å². The van der Waals surface area contributed by atoms with Crippen molar-refractivity contribution in [2.45, 2.75) is 33.1 Å². The molecule has 0 atom stereocenters. The molecule has 0 radical (unpaired) electrons. The Morgan fingerprint density at radius 3 is 2.88 bits per heavy atom. The summed E-state index contributed by atoms with van der Waals surface area (Å²) in [5, 5.41) is 0. The number of anilines is 1. The summed E-state index contributed by atoms with van der Waals surface area (Å²) in [7, 11) is 0. The van der Waals surface area contributed by atoms with Crippen LogP contribution in [0.2, 0.25) is 0 Å². The van der Waals surface area contributed by atoms with Crippen LogP contribution in [0.15, 0.2) is 42.7 Å². The van der Waals surface area contributed by atoms with Crippen molar-refractivity contribution < 1.29 is 0 Å². The van der Waals surface area contributed by atoms with Gasteiger partial charge in [0, 0.05) is 30.5 Å². The first-order valence-corrected chi connectivity index (χ1v) is 8.88. The van der Waals surface area contributed by atoms with E-state index in [-0.39, 0.29) is 0 Å². The molecule has 0 saturated carbocycles. The van der Waals surface area contributed by atoms with Crippen molar-refractivity contribution in [2.75, 3.05) is 18.0 Å². The van der Waals surface area contributed by atoms with Crippen molar-refractivity contribution in [1.82, 2.24) is 15.0 Å². The Morgan fingerprint density at radius 1 is 1.21 bits per heavy atom. The van der Waals surface area contributed by atoms with E-state index >= 15 is 0 Å². The second-order valence-corrected chi connectivity index (χ2v) is 6.90. The first kappa shape index (κ1) is 15.2. The van der Waals surface area contributed by atoms with Gasteiger partial charge in [-0.2, -0.15) is 0 Å². The van der Waals surface area contributed by atoms with E-state index in [1.807, 2.05) is 18.5 Å².